The van der Waals surface area contributed by atoms with Gasteiger partial charge in [0.2, 0.25) is 0 Å². The van der Waals surface area contributed by atoms with Crippen molar-refractivity contribution >= 4 is 28.5 Å². The predicted molar refractivity (Wildman–Crippen MR) is 103 cm³/mol. The van der Waals surface area contributed by atoms with Gasteiger partial charge < -0.3 is 16.2 Å². The summed E-state index contributed by atoms with van der Waals surface area (Å²) in [6.07, 6.45) is -1.23. The van der Waals surface area contributed by atoms with Crippen molar-refractivity contribution in [2.75, 3.05) is 18.4 Å². The summed E-state index contributed by atoms with van der Waals surface area (Å²) in [5.74, 6) is -2.44. The van der Waals surface area contributed by atoms with Crippen LogP contribution in [0, 0.1) is 0 Å². The molecule has 1 aliphatic rings. The fraction of sp³-hybridized carbons (Fsp3) is 0.333. The van der Waals surface area contributed by atoms with Crippen molar-refractivity contribution in [3.8, 4) is 16.2 Å². The number of likely N-dealkylation sites (tertiary alicyclic amines) is 1. The molecule has 1 saturated heterocycles. The Labute approximate surface area is 164 Å². The highest BCUT2D eigenvalue weighted by atomic mass is 32.1. The third kappa shape index (κ3) is 5.17. The van der Waals surface area contributed by atoms with Crippen molar-refractivity contribution < 1.29 is 23.1 Å². The maximum Gasteiger partial charge on any atom is 0.410 e. The maximum absolute atomic E-state index is 13.3. The molecule has 0 atom stereocenters. The van der Waals surface area contributed by atoms with E-state index in [1.165, 1.54) is 11.3 Å². The number of carbonyl (C=O) groups excluding carboxylic acids is 2. The monoisotopic (exact) mass is 410 g/mol. The number of primary amides is 2. The van der Waals surface area contributed by atoms with Gasteiger partial charge >= 0.3 is 12.1 Å². The summed E-state index contributed by atoms with van der Waals surface area (Å²) in [4.78, 5) is 24.9. The second-order valence-electron chi connectivity index (χ2n) is 6.54. The second kappa shape index (κ2) is 8.11. The van der Waals surface area contributed by atoms with Gasteiger partial charge in [-0.2, -0.15) is 0 Å². The SMILES string of the molecule is NC(=O)Nc1sc(-c2ccc(CN3CCC(F)(F)CC3)cc2)cc1OC(N)=O. The van der Waals surface area contributed by atoms with E-state index in [4.69, 9.17) is 16.2 Å². The Morgan fingerprint density at radius 1 is 1.18 bits per heavy atom. The lowest BCUT2D eigenvalue weighted by atomic mass is 10.1. The molecule has 150 valence electrons. The van der Waals surface area contributed by atoms with Crippen molar-refractivity contribution in [3.63, 3.8) is 0 Å². The molecule has 1 aliphatic heterocycles. The zero-order chi connectivity index (χ0) is 20.3. The van der Waals surface area contributed by atoms with Gasteiger partial charge in [0.15, 0.2) is 5.75 Å². The summed E-state index contributed by atoms with van der Waals surface area (Å²) in [5.41, 5.74) is 12.0. The minimum atomic E-state index is -2.55. The smallest absolute Gasteiger partial charge is 0.407 e. The number of piperidine rings is 1. The third-order valence-corrected chi connectivity index (χ3v) is 5.46. The minimum absolute atomic E-state index is 0.113. The van der Waals surface area contributed by atoms with Crippen LogP contribution < -0.4 is 21.5 Å². The summed E-state index contributed by atoms with van der Waals surface area (Å²) in [6.45, 7) is 1.34. The van der Waals surface area contributed by atoms with Crippen LogP contribution in [0.1, 0.15) is 18.4 Å². The molecule has 0 spiro atoms. The van der Waals surface area contributed by atoms with E-state index < -0.39 is 18.0 Å². The van der Waals surface area contributed by atoms with Gasteiger partial charge in [0, 0.05) is 43.4 Å². The number of anilines is 1. The fourth-order valence-electron chi connectivity index (χ4n) is 2.97. The van der Waals surface area contributed by atoms with Gasteiger partial charge in [0.25, 0.3) is 5.92 Å². The molecular weight excluding hydrogens is 390 g/mol. The van der Waals surface area contributed by atoms with Crippen LogP contribution >= 0.6 is 11.3 Å². The van der Waals surface area contributed by atoms with Gasteiger partial charge in [-0.15, -0.1) is 11.3 Å². The van der Waals surface area contributed by atoms with E-state index in [0.717, 1.165) is 16.0 Å². The van der Waals surface area contributed by atoms with E-state index in [0.29, 0.717) is 19.6 Å². The number of urea groups is 1. The Morgan fingerprint density at radius 2 is 1.82 bits per heavy atom. The molecule has 0 unspecified atom stereocenters. The average molecular weight is 410 g/mol. The number of rotatable bonds is 5. The van der Waals surface area contributed by atoms with Gasteiger partial charge in [-0.3, -0.25) is 10.2 Å². The molecule has 3 amide bonds. The van der Waals surface area contributed by atoms with E-state index >= 15 is 0 Å². The van der Waals surface area contributed by atoms with Crippen LogP contribution in [0.4, 0.5) is 23.4 Å². The molecule has 2 aromatic rings. The molecule has 0 saturated carbocycles. The minimum Gasteiger partial charge on any atom is -0.407 e. The normalized spacial score (nSPS) is 16.5. The molecule has 1 aromatic carbocycles. The number of nitrogens with one attached hydrogen (secondary N) is 1. The summed E-state index contributed by atoms with van der Waals surface area (Å²) >= 11 is 1.19. The van der Waals surface area contributed by atoms with E-state index in [2.05, 4.69) is 5.32 Å². The summed E-state index contributed by atoms with van der Waals surface area (Å²) in [6, 6.07) is 8.38. The summed E-state index contributed by atoms with van der Waals surface area (Å²) in [5, 5.41) is 2.68. The van der Waals surface area contributed by atoms with E-state index in [-0.39, 0.29) is 23.6 Å². The molecule has 3 rings (SSSR count). The molecular formula is C18H20F2N4O3S. The Morgan fingerprint density at radius 3 is 2.39 bits per heavy atom. The zero-order valence-corrected chi connectivity index (χ0v) is 15.7. The molecule has 0 radical (unpaired) electrons. The first kappa shape index (κ1) is 20.0. The number of nitrogens with zero attached hydrogens (tertiary/aromatic N) is 1. The first-order valence-electron chi connectivity index (χ1n) is 8.59. The average Bonchev–Trinajstić information content (AvgIpc) is 2.98. The molecule has 10 heteroatoms. The van der Waals surface area contributed by atoms with Crippen molar-refractivity contribution in [2.45, 2.75) is 25.3 Å². The van der Waals surface area contributed by atoms with Gasteiger partial charge in [0.05, 0.1) is 0 Å². The Kier molecular flexibility index (Phi) is 5.80. The van der Waals surface area contributed by atoms with Crippen LogP contribution in [0.3, 0.4) is 0 Å². The number of ether oxygens (including phenoxy) is 1. The van der Waals surface area contributed by atoms with E-state index in [1.54, 1.807) is 6.07 Å². The van der Waals surface area contributed by atoms with Crippen LogP contribution in [0.15, 0.2) is 30.3 Å². The van der Waals surface area contributed by atoms with E-state index in [1.807, 2.05) is 29.2 Å². The summed E-state index contributed by atoms with van der Waals surface area (Å²) < 4.78 is 31.4. The Bertz CT molecular complexity index is 827. The number of thiophene rings is 1. The quantitative estimate of drug-likeness (QED) is 0.699. The van der Waals surface area contributed by atoms with Crippen LogP contribution in [0.5, 0.6) is 5.75 Å². The van der Waals surface area contributed by atoms with Crippen molar-refractivity contribution in [1.29, 1.82) is 0 Å². The highest BCUT2D eigenvalue weighted by Crippen LogP contribution is 2.40. The lowest BCUT2D eigenvalue weighted by molar-refractivity contribution is -0.0566. The van der Waals surface area contributed by atoms with Gasteiger partial charge in [-0.05, 0) is 11.1 Å². The number of carbonyl (C=O) groups is 2. The number of hydrogen-bond donors (Lipinski definition) is 3. The van der Waals surface area contributed by atoms with Crippen molar-refractivity contribution in [1.82, 2.24) is 4.90 Å². The third-order valence-electron chi connectivity index (χ3n) is 4.38. The first-order chi connectivity index (χ1) is 13.2. The lowest BCUT2D eigenvalue weighted by Crippen LogP contribution is -2.38. The standard InChI is InChI=1S/C18H20F2N4O3S/c19-18(20)5-7-24(8-6-18)10-11-1-3-12(4-2-11)14-9-13(27-17(22)26)15(28-14)23-16(21)25/h1-4,9H,5-8,10H2,(H2,22,26)(H3,21,23,25). The van der Waals surface area contributed by atoms with Crippen LogP contribution in [0.25, 0.3) is 10.4 Å². The largest absolute Gasteiger partial charge is 0.410 e. The fourth-order valence-corrected chi connectivity index (χ4v) is 3.96. The van der Waals surface area contributed by atoms with E-state index in [9.17, 15) is 18.4 Å². The number of alkyl halides is 2. The molecule has 1 aromatic heterocycles. The number of benzene rings is 1. The molecule has 0 bridgehead atoms. The zero-order valence-electron chi connectivity index (χ0n) is 14.9. The second-order valence-corrected chi connectivity index (χ2v) is 7.60. The molecule has 0 aliphatic carbocycles. The lowest BCUT2D eigenvalue weighted by Gasteiger charge is -2.31. The van der Waals surface area contributed by atoms with Crippen LogP contribution in [-0.4, -0.2) is 36.0 Å². The number of hydrogen-bond acceptors (Lipinski definition) is 5. The highest BCUT2D eigenvalue weighted by molar-refractivity contribution is 7.20. The van der Waals surface area contributed by atoms with Crippen molar-refractivity contribution in [2.24, 2.45) is 11.5 Å². The maximum atomic E-state index is 13.3. The van der Waals surface area contributed by atoms with Crippen LogP contribution in [0.2, 0.25) is 0 Å². The molecule has 1 fully saturated rings. The van der Waals surface area contributed by atoms with Gasteiger partial charge in [-0.1, -0.05) is 24.3 Å². The molecule has 2 heterocycles. The van der Waals surface area contributed by atoms with Gasteiger partial charge in [-0.25, -0.2) is 18.4 Å². The summed E-state index contributed by atoms with van der Waals surface area (Å²) in [7, 11) is 0. The molecule has 5 N–H and O–H groups in total. The Balaban J connectivity index is 1.71. The Hall–Kier alpha value is -2.72. The highest BCUT2D eigenvalue weighted by Gasteiger charge is 2.33. The number of halogens is 2. The molecule has 28 heavy (non-hydrogen) atoms. The first-order valence-corrected chi connectivity index (χ1v) is 9.40. The van der Waals surface area contributed by atoms with Crippen LogP contribution in [-0.2, 0) is 6.54 Å². The number of amides is 3. The van der Waals surface area contributed by atoms with Crippen molar-refractivity contribution in [3.05, 3.63) is 35.9 Å². The number of nitrogens with two attached hydrogens (primary N) is 2. The van der Waals surface area contributed by atoms with Gasteiger partial charge in [0.1, 0.15) is 5.00 Å². The molecule has 7 nitrogen and oxygen atoms in total. The predicted octanol–water partition coefficient (Wildman–Crippen LogP) is 3.59. The topological polar surface area (TPSA) is 111 Å².